The Hall–Kier alpha value is -4.72. The van der Waals surface area contributed by atoms with Crippen LogP contribution >= 0.6 is 0 Å². The quantitative estimate of drug-likeness (QED) is 0.279. The lowest BCUT2D eigenvalue weighted by molar-refractivity contribution is 0.0523. The summed E-state index contributed by atoms with van der Waals surface area (Å²) in [7, 11) is 0. The number of ether oxygens (including phenoxy) is 2. The molecule has 8 heteroatoms. The van der Waals surface area contributed by atoms with E-state index in [4.69, 9.17) is 9.47 Å². The average Bonchev–Trinajstić information content (AvgIpc) is 2.89. The Kier molecular flexibility index (Phi) is 8.01. The number of carbonyl (C=O) groups is 2. The maximum atomic E-state index is 14.6. The highest BCUT2D eigenvalue weighted by atomic mass is 19.1. The minimum atomic E-state index is -0.619. The molecule has 0 radical (unpaired) electrons. The normalized spacial score (nSPS) is 10.9. The standard InChI is InChI=1S/C30H28FN3O4/c1-30(2,3)38-29(36)33-18-20-9-15-26(25(31)17-20)37-27-16-14-24(19-32-27)34-28(35)23-12-10-22(11-13-23)21-7-5-4-6-8-21/h4-17,19H,18H2,1-3H3,(H,33,36)(H,34,35). The van der Waals surface area contributed by atoms with Gasteiger partial charge in [-0.1, -0.05) is 48.5 Å². The molecule has 194 valence electrons. The van der Waals surface area contributed by atoms with Crippen molar-refractivity contribution < 1.29 is 23.5 Å². The number of nitrogens with one attached hydrogen (secondary N) is 2. The fourth-order valence-corrected chi connectivity index (χ4v) is 3.50. The van der Waals surface area contributed by atoms with Crippen molar-refractivity contribution in [2.45, 2.75) is 32.9 Å². The summed E-state index contributed by atoms with van der Waals surface area (Å²) in [5.74, 6) is -0.740. The Labute approximate surface area is 220 Å². The number of pyridine rings is 1. The highest BCUT2D eigenvalue weighted by Crippen LogP contribution is 2.25. The molecule has 0 saturated heterocycles. The monoisotopic (exact) mass is 513 g/mol. The second-order valence-electron chi connectivity index (χ2n) is 9.50. The van der Waals surface area contributed by atoms with Crippen molar-refractivity contribution in [3.8, 4) is 22.8 Å². The molecule has 0 unspecified atom stereocenters. The van der Waals surface area contributed by atoms with E-state index in [9.17, 15) is 14.0 Å². The van der Waals surface area contributed by atoms with E-state index < -0.39 is 17.5 Å². The van der Waals surface area contributed by atoms with Gasteiger partial charge in [0.15, 0.2) is 11.6 Å². The molecular formula is C30H28FN3O4. The zero-order valence-corrected chi connectivity index (χ0v) is 21.3. The molecule has 0 aliphatic rings. The molecule has 0 saturated carbocycles. The first-order valence-electron chi connectivity index (χ1n) is 12.0. The molecule has 0 spiro atoms. The third-order valence-corrected chi connectivity index (χ3v) is 5.29. The summed E-state index contributed by atoms with van der Waals surface area (Å²) in [5, 5.41) is 5.37. The van der Waals surface area contributed by atoms with Crippen molar-refractivity contribution in [3.63, 3.8) is 0 Å². The lowest BCUT2D eigenvalue weighted by Crippen LogP contribution is -2.32. The second-order valence-corrected chi connectivity index (χ2v) is 9.50. The first kappa shape index (κ1) is 26.3. The van der Waals surface area contributed by atoms with Crippen LogP contribution in [0.2, 0.25) is 0 Å². The van der Waals surface area contributed by atoms with Crippen LogP contribution in [-0.2, 0) is 11.3 Å². The third-order valence-electron chi connectivity index (χ3n) is 5.29. The number of alkyl carbamates (subject to hydrolysis) is 1. The van der Waals surface area contributed by atoms with Crippen LogP contribution in [0, 0.1) is 5.82 Å². The maximum Gasteiger partial charge on any atom is 0.407 e. The first-order chi connectivity index (χ1) is 18.2. The number of nitrogens with zero attached hydrogens (tertiary/aromatic N) is 1. The minimum absolute atomic E-state index is 0.0196. The van der Waals surface area contributed by atoms with Crippen LogP contribution < -0.4 is 15.4 Å². The number of hydrogen-bond donors (Lipinski definition) is 2. The molecule has 1 aromatic heterocycles. The molecule has 3 aromatic carbocycles. The van der Waals surface area contributed by atoms with Gasteiger partial charge in [-0.2, -0.15) is 0 Å². The predicted octanol–water partition coefficient (Wildman–Crippen LogP) is 6.96. The number of amides is 2. The Bertz CT molecular complexity index is 1400. The van der Waals surface area contributed by atoms with Crippen molar-refractivity contribution in [2.75, 3.05) is 5.32 Å². The number of carbonyl (C=O) groups excluding carboxylic acids is 2. The molecule has 7 nitrogen and oxygen atoms in total. The van der Waals surface area contributed by atoms with E-state index in [1.807, 2.05) is 42.5 Å². The van der Waals surface area contributed by atoms with Gasteiger partial charge in [-0.15, -0.1) is 0 Å². The van der Waals surface area contributed by atoms with Crippen molar-refractivity contribution in [1.82, 2.24) is 10.3 Å². The van der Waals surface area contributed by atoms with E-state index in [2.05, 4.69) is 15.6 Å². The second kappa shape index (κ2) is 11.6. The fourth-order valence-electron chi connectivity index (χ4n) is 3.50. The number of rotatable bonds is 7. The van der Waals surface area contributed by atoms with E-state index in [-0.39, 0.29) is 24.1 Å². The van der Waals surface area contributed by atoms with Crippen LogP contribution in [0.5, 0.6) is 11.6 Å². The van der Waals surface area contributed by atoms with Crippen LogP contribution in [0.3, 0.4) is 0 Å². The van der Waals surface area contributed by atoms with Crippen molar-refractivity contribution >= 4 is 17.7 Å². The maximum absolute atomic E-state index is 14.6. The number of halogens is 1. The van der Waals surface area contributed by atoms with Crippen LogP contribution in [-0.4, -0.2) is 22.6 Å². The van der Waals surface area contributed by atoms with Gasteiger partial charge in [0.2, 0.25) is 5.88 Å². The Morgan fingerprint density at radius 1 is 0.895 bits per heavy atom. The van der Waals surface area contributed by atoms with Crippen molar-refractivity contribution in [2.24, 2.45) is 0 Å². The van der Waals surface area contributed by atoms with Crippen LogP contribution in [0.15, 0.2) is 91.1 Å². The van der Waals surface area contributed by atoms with E-state index in [0.29, 0.717) is 16.8 Å². The number of benzene rings is 3. The number of anilines is 1. The first-order valence-corrected chi connectivity index (χ1v) is 12.0. The SMILES string of the molecule is CC(C)(C)OC(=O)NCc1ccc(Oc2ccc(NC(=O)c3ccc(-c4ccccc4)cc3)cn2)c(F)c1. The summed E-state index contributed by atoms with van der Waals surface area (Å²) in [5.41, 5.74) is 3.00. The summed E-state index contributed by atoms with van der Waals surface area (Å²) < 4.78 is 25.3. The van der Waals surface area contributed by atoms with Gasteiger partial charge >= 0.3 is 6.09 Å². The summed E-state index contributed by atoms with van der Waals surface area (Å²) in [6.45, 7) is 5.39. The van der Waals surface area contributed by atoms with Crippen molar-refractivity contribution in [3.05, 3.63) is 108 Å². The summed E-state index contributed by atoms with van der Waals surface area (Å²) in [4.78, 5) is 28.6. The van der Waals surface area contributed by atoms with Crippen LogP contribution in [0.4, 0.5) is 14.9 Å². The van der Waals surface area contributed by atoms with E-state index >= 15 is 0 Å². The molecule has 0 fully saturated rings. The largest absolute Gasteiger partial charge is 0.444 e. The Balaban J connectivity index is 1.32. The predicted molar refractivity (Wildman–Crippen MR) is 144 cm³/mol. The lowest BCUT2D eigenvalue weighted by atomic mass is 10.0. The molecule has 2 N–H and O–H groups in total. The average molecular weight is 514 g/mol. The molecule has 1 heterocycles. The van der Waals surface area contributed by atoms with Crippen molar-refractivity contribution in [1.29, 1.82) is 0 Å². The number of hydrogen-bond acceptors (Lipinski definition) is 5. The molecule has 0 aliphatic carbocycles. The Morgan fingerprint density at radius 2 is 1.61 bits per heavy atom. The highest BCUT2D eigenvalue weighted by molar-refractivity contribution is 6.04. The van der Waals surface area contributed by atoms with Crippen LogP contribution in [0.1, 0.15) is 36.7 Å². The zero-order valence-electron chi connectivity index (χ0n) is 21.3. The summed E-state index contributed by atoms with van der Waals surface area (Å²) >= 11 is 0. The molecule has 0 atom stereocenters. The van der Waals surface area contributed by atoms with E-state index in [1.54, 1.807) is 45.0 Å². The van der Waals surface area contributed by atoms with Gasteiger partial charge in [0.1, 0.15) is 5.60 Å². The Morgan fingerprint density at radius 3 is 2.24 bits per heavy atom. The zero-order chi connectivity index (χ0) is 27.1. The molecule has 38 heavy (non-hydrogen) atoms. The van der Waals surface area contributed by atoms with Gasteiger partial charge in [-0.25, -0.2) is 14.2 Å². The van der Waals surface area contributed by atoms with Gasteiger partial charge in [-0.3, -0.25) is 4.79 Å². The van der Waals surface area contributed by atoms with Gasteiger partial charge in [0.25, 0.3) is 5.91 Å². The molecule has 4 rings (SSSR count). The smallest absolute Gasteiger partial charge is 0.407 e. The number of aromatic nitrogens is 1. The molecule has 4 aromatic rings. The topological polar surface area (TPSA) is 89.5 Å². The van der Waals surface area contributed by atoms with Gasteiger partial charge in [0.05, 0.1) is 11.9 Å². The third kappa shape index (κ3) is 7.39. The summed E-state index contributed by atoms with van der Waals surface area (Å²) in [6, 6.07) is 24.7. The van der Waals surface area contributed by atoms with E-state index in [1.165, 1.54) is 24.4 Å². The molecular weight excluding hydrogens is 485 g/mol. The molecule has 0 bridgehead atoms. The fraction of sp³-hybridized carbons (Fsp3) is 0.167. The highest BCUT2D eigenvalue weighted by Gasteiger charge is 2.16. The van der Waals surface area contributed by atoms with E-state index in [0.717, 1.165) is 11.1 Å². The summed E-state index contributed by atoms with van der Waals surface area (Å²) in [6.07, 6.45) is 0.849. The van der Waals surface area contributed by atoms with Gasteiger partial charge < -0.3 is 20.1 Å². The molecule has 0 aliphatic heterocycles. The van der Waals surface area contributed by atoms with Crippen LogP contribution in [0.25, 0.3) is 11.1 Å². The van der Waals surface area contributed by atoms with Gasteiger partial charge in [-0.05, 0) is 67.8 Å². The lowest BCUT2D eigenvalue weighted by Gasteiger charge is -2.19. The molecule has 2 amide bonds. The van der Waals surface area contributed by atoms with Gasteiger partial charge in [0, 0.05) is 18.2 Å². The minimum Gasteiger partial charge on any atom is -0.444 e.